The van der Waals surface area contributed by atoms with Crippen molar-refractivity contribution < 1.29 is 9.84 Å². The van der Waals surface area contributed by atoms with E-state index < -0.39 is 5.60 Å². The van der Waals surface area contributed by atoms with Crippen LogP contribution in [0.5, 0.6) is 0 Å². The third-order valence-electron chi connectivity index (χ3n) is 3.42. The second-order valence-electron chi connectivity index (χ2n) is 4.39. The van der Waals surface area contributed by atoms with Crippen LogP contribution < -0.4 is 0 Å². The van der Waals surface area contributed by atoms with Crippen molar-refractivity contribution in [2.24, 2.45) is 0 Å². The minimum Gasteiger partial charge on any atom is -0.385 e. The second-order valence-corrected chi connectivity index (χ2v) is 4.39. The Morgan fingerprint density at radius 2 is 2.00 bits per heavy atom. The van der Waals surface area contributed by atoms with E-state index in [1.54, 1.807) is 0 Å². The van der Waals surface area contributed by atoms with E-state index in [2.05, 4.69) is 4.98 Å². The van der Waals surface area contributed by atoms with Crippen LogP contribution in [-0.4, -0.2) is 23.3 Å². The molecular weight excluding hydrogens is 202 g/mol. The molecule has 2 aromatic rings. The summed E-state index contributed by atoms with van der Waals surface area (Å²) in [6.07, 6.45) is 3.27. The van der Waals surface area contributed by atoms with Gasteiger partial charge in [0.2, 0.25) is 0 Å². The first-order valence-corrected chi connectivity index (χ1v) is 5.66. The van der Waals surface area contributed by atoms with Crippen LogP contribution in [0.15, 0.2) is 30.5 Å². The number of hydrogen-bond acceptors (Lipinski definition) is 2. The lowest BCUT2D eigenvalue weighted by Gasteiger charge is -2.33. The zero-order chi connectivity index (χ0) is 11.0. The van der Waals surface area contributed by atoms with Crippen LogP contribution in [0.4, 0.5) is 0 Å². The number of aliphatic hydroxyl groups is 1. The molecule has 0 amide bonds. The van der Waals surface area contributed by atoms with Crippen LogP contribution in [0, 0.1) is 0 Å². The topological polar surface area (TPSA) is 45.2 Å². The normalized spacial score (nSPS) is 20.1. The predicted octanol–water partition coefficient (Wildman–Crippen LogP) is 2.17. The van der Waals surface area contributed by atoms with Gasteiger partial charge in [-0.15, -0.1) is 0 Å². The summed E-state index contributed by atoms with van der Waals surface area (Å²) in [4.78, 5) is 3.17. The lowest BCUT2D eigenvalue weighted by Crippen LogP contribution is -2.33. The highest BCUT2D eigenvalue weighted by molar-refractivity contribution is 5.83. The lowest BCUT2D eigenvalue weighted by molar-refractivity contribution is -0.0669. The summed E-state index contributed by atoms with van der Waals surface area (Å²) in [6, 6.07) is 8.06. The Labute approximate surface area is 94.0 Å². The van der Waals surface area contributed by atoms with E-state index in [1.807, 2.05) is 30.5 Å². The van der Waals surface area contributed by atoms with Gasteiger partial charge in [0.1, 0.15) is 0 Å². The van der Waals surface area contributed by atoms with Gasteiger partial charge in [0, 0.05) is 43.2 Å². The Morgan fingerprint density at radius 1 is 1.19 bits per heavy atom. The molecule has 0 saturated carbocycles. The van der Waals surface area contributed by atoms with Gasteiger partial charge in [-0.05, 0) is 17.7 Å². The van der Waals surface area contributed by atoms with Crippen molar-refractivity contribution in [2.75, 3.05) is 13.2 Å². The van der Waals surface area contributed by atoms with Gasteiger partial charge < -0.3 is 14.8 Å². The van der Waals surface area contributed by atoms with E-state index in [-0.39, 0.29) is 0 Å². The summed E-state index contributed by atoms with van der Waals surface area (Å²) in [6.45, 7) is 1.27. The van der Waals surface area contributed by atoms with Crippen LogP contribution in [0.1, 0.15) is 18.4 Å². The van der Waals surface area contributed by atoms with Crippen LogP contribution in [0.25, 0.3) is 10.9 Å². The Bertz CT molecular complexity index is 497. The molecule has 1 aromatic carbocycles. The summed E-state index contributed by atoms with van der Waals surface area (Å²) in [5.74, 6) is 0. The average molecular weight is 217 g/mol. The minimum absolute atomic E-state index is 0.636. The lowest BCUT2D eigenvalue weighted by atomic mass is 9.85. The summed E-state index contributed by atoms with van der Waals surface area (Å²) in [5, 5.41) is 11.8. The summed E-state index contributed by atoms with van der Waals surface area (Å²) in [5.41, 5.74) is 1.38. The number of nitrogens with one attached hydrogen (secondary N) is 1. The molecule has 1 aliphatic heterocycles. The highest BCUT2D eigenvalue weighted by atomic mass is 16.5. The van der Waals surface area contributed by atoms with Crippen molar-refractivity contribution in [2.45, 2.75) is 18.4 Å². The molecule has 1 fully saturated rings. The molecule has 3 heteroatoms. The quantitative estimate of drug-likeness (QED) is 0.769. The number of benzene rings is 1. The first-order chi connectivity index (χ1) is 7.80. The molecule has 84 valence electrons. The Morgan fingerprint density at radius 3 is 2.81 bits per heavy atom. The van der Waals surface area contributed by atoms with Crippen LogP contribution in [0.3, 0.4) is 0 Å². The van der Waals surface area contributed by atoms with Crippen molar-refractivity contribution in [1.82, 2.24) is 4.98 Å². The second kappa shape index (κ2) is 3.61. The van der Waals surface area contributed by atoms with E-state index in [1.165, 1.54) is 0 Å². The molecule has 0 bridgehead atoms. The molecule has 2 heterocycles. The molecule has 0 aliphatic carbocycles. The van der Waals surface area contributed by atoms with E-state index in [0.717, 1.165) is 16.5 Å². The standard InChI is InChI=1S/C13H15NO2/c15-13(5-8-16-9-6-13)11-2-1-3-12-10(11)4-7-14-12/h1-4,7,14-15H,5-6,8-9H2. The zero-order valence-corrected chi connectivity index (χ0v) is 9.07. The number of H-pyrrole nitrogens is 1. The molecule has 2 N–H and O–H groups in total. The fraction of sp³-hybridized carbons (Fsp3) is 0.385. The van der Waals surface area contributed by atoms with Crippen molar-refractivity contribution >= 4 is 10.9 Å². The van der Waals surface area contributed by atoms with Gasteiger partial charge in [-0.1, -0.05) is 12.1 Å². The van der Waals surface area contributed by atoms with E-state index in [4.69, 9.17) is 4.74 Å². The number of aromatic amines is 1. The van der Waals surface area contributed by atoms with E-state index >= 15 is 0 Å². The number of aromatic nitrogens is 1. The van der Waals surface area contributed by atoms with Gasteiger partial charge in [0.05, 0.1) is 5.60 Å². The smallest absolute Gasteiger partial charge is 0.0946 e. The Hall–Kier alpha value is -1.32. The number of rotatable bonds is 1. The molecule has 16 heavy (non-hydrogen) atoms. The number of fused-ring (bicyclic) bond motifs is 1. The van der Waals surface area contributed by atoms with E-state index in [9.17, 15) is 5.11 Å². The zero-order valence-electron chi connectivity index (χ0n) is 9.07. The van der Waals surface area contributed by atoms with Crippen molar-refractivity contribution in [3.8, 4) is 0 Å². The van der Waals surface area contributed by atoms with Gasteiger partial charge in [-0.2, -0.15) is 0 Å². The summed E-state index contributed by atoms with van der Waals surface area (Å²) >= 11 is 0. The molecule has 1 aliphatic rings. The van der Waals surface area contributed by atoms with Gasteiger partial charge in [-0.3, -0.25) is 0 Å². The van der Waals surface area contributed by atoms with Gasteiger partial charge in [-0.25, -0.2) is 0 Å². The maximum absolute atomic E-state index is 10.7. The number of ether oxygens (including phenoxy) is 1. The van der Waals surface area contributed by atoms with Crippen LogP contribution >= 0.6 is 0 Å². The van der Waals surface area contributed by atoms with Crippen LogP contribution in [0.2, 0.25) is 0 Å². The van der Waals surface area contributed by atoms with Crippen LogP contribution in [-0.2, 0) is 10.3 Å². The summed E-state index contributed by atoms with van der Waals surface area (Å²) < 4.78 is 5.31. The third-order valence-corrected chi connectivity index (χ3v) is 3.42. The minimum atomic E-state index is -0.722. The first-order valence-electron chi connectivity index (χ1n) is 5.66. The predicted molar refractivity (Wildman–Crippen MR) is 62.2 cm³/mol. The highest BCUT2D eigenvalue weighted by Gasteiger charge is 2.33. The molecule has 3 rings (SSSR count). The molecule has 1 aromatic heterocycles. The highest BCUT2D eigenvalue weighted by Crippen LogP contribution is 2.35. The average Bonchev–Trinajstić information content (AvgIpc) is 2.77. The molecule has 0 unspecified atom stereocenters. The fourth-order valence-electron chi connectivity index (χ4n) is 2.47. The van der Waals surface area contributed by atoms with Crippen molar-refractivity contribution in [1.29, 1.82) is 0 Å². The molecule has 3 nitrogen and oxygen atoms in total. The SMILES string of the molecule is OC1(c2cccc3[nH]ccc23)CCOCC1. The van der Waals surface area contributed by atoms with E-state index in [0.29, 0.717) is 26.1 Å². The first kappa shape index (κ1) is 9.87. The molecule has 0 atom stereocenters. The largest absolute Gasteiger partial charge is 0.385 e. The monoisotopic (exact) mass is 217 g/mol. The van der Waals surface area contributed by atoms with Crippen molar-refractivity contribution in [3.63, 3.8) is 0 Å². The van der Waals surface area contributed by atoms with Gasteiger partial charge in [0.25, 0.3) is 0 Å². The molecule has 1 saturated heterocycles. The van der Waals surface area contributed by atoms with Gasteiger partial charge in [0.15, 0.2) is 0 Å². The Kier molecular flexibility index (Phi) is 2.23. The van der Waals surface area contributed by atoms with Crippen molar-refractivity contribution in [3.05, 3.63) is 36.0 Å². The maximum Gasteiger partial charge on any atom is 0.0946 e. The maximum atomic E-state index is 10.7. The third kappa shape index (κ3) is 1.44. The fourth-order valence-corrected chi connectivity index (χ4v) is 2.47. The molecule has 0 spiro atoms. The molecular formula is C13H15NO2. The number of hydrogen-bond donors (Lipinski definition) is 2. The summed E-state index contributed by atoms with van der Waals surface area (Å²) in [7, 11) is 0. The van der Waals surface area contributed by atoms with Gasteiger partial charge >= 0.3 is 0 Å². The molecule has 0 radical (unpaired) electrons. The Balaban J connectivity index is 2.13.